The standard InChI is InChI=1S/C16H25NO2S/c1-12(2)15(9-10-18)17-16(19)13(3)20-11-14-7-5-4-6-8-14/h4-8,12-13,15,18H,9-11H2,1-3H3,(H,17,19). The van der Waals surface area contributed by atoms with Crippen molar-refractivity contribution >= 4 is 17.7 Å². The highest BCUT2D eigenvalue weighted by molar-refractivity contribution is 7.99. The van der Waals surface area contributed by atoms with Crippen LogP contribution in [0, 0.1) is 5.92 Å². The normalized spacial score (nSPS) is 14.1. The van der Waals surface area contributed by atoms with Crippen molar-refractivity contribution in [3.05, 3.63) is 35.9 Å². The second-order valence-corrected chi connectivity index (χ2v) is 6.64. The molecular formula is C16H25NO2S. The molecule has 2 N–H and O–H groups in total. The molecule has 0 heterocycles. The summed E-state index contributed by atoms with van der Waals surface area (Å²) in [6, 6.07) is 10.2. The van der Waals surface area contributed by atoms with Crippen molar-refractivity contribution in [2.24, 2.45) is 5.92 Å². The molecule has 0 bridgehead atoms. The van der Waals surface area contributed by atoms with Crippen molar-refractivity contribution in [3.63, 3.8) is 0 Å². The summed E-state index contributed by atoms with van der Waals surface area (Å²) < 4.78 is 0. The minimum absolute atomic E-state index is 0.0484. The topological polar surface area (TPSA) is 49.3 Å². The van der Waals surface area contributed by atoms with Crippen LogP contribution in [0.5, 0.6) is 0 Å². The molecule has 0 aliphatic rings. The predicted molar refractivity (Wildman–Crippen MR) is 85.7 cm³/mol. The van der Waals surface area contributed by atoms with Gasteiger partial charge in [-0.3, -0.25) is 4.79 Å². The molecule has 1 rings (SSSR count). The van der Waals surface area contributed by atoms with E-state index in [0.717, 1.165) is 5.75 Å². The zero-order chi connectivity index (χ0) is 15.0. The van der Waals surface area contributed by atoms with Gasteiger partial charge in [-0.25, -0.2) is 0 Å². The van der Waals surface area contributed by atoms with Gasteiger partial charge in [0.2, 0.25) is 5.91 Å². The fraction of sp³-hybridized carbons (Fsp3) is 0.562. The molecule has 112 valence electrons. The highest BCUT2D eigenvalue weighted by Gasteiger charge is 2.19. The molecule has 0 saturated carbocycles. The molecule has 2 atom stereocenters. The maximum Gasteiger partial charge on any atom is 0.233 e. The summed E-state index contributed by atoms with van der Waals surface area (Å²) >= 11 is 1.63. The lowest BCUT2D eigenvalue weighted by atomic mass is 10.0. The molecule has 3 nitrogen and oxygen atoms in total. The number of aliphatic hydroxyl groups is 1. The van der Waals surface area contributed by atoms with Crippen LogP contribution in [-0.2, 0) is 10.5 Å². The zero-order valence-electron chi connectivity index (χ0n) is 12.5. The number of thioether (sulfide) groups is 1. The highest BCUT2D eigenvalue weighted by atomic mass is 32.2. The monoisotopic (exact) mass is 295 g/mol. The van der Waals surface area contributed by atoms with E-state index < -0.39 is 0 Å². The quantitative estimate of drug-likeness (QED) is 0.775. The van der Waals surface area contributed by atoms with Gasteiger partial charge < -0.3 is 10.4 Å². The first-order chi connectivity index (χ1) is 9.54. The third kappa shape index (κ3) is 5.97. The molecule has 0 aromatic heterocycles. The fourth-order valence-electron chi connectivity index (χ4n) is 1.88. The SMILES string of the molecule is CC(SCc1ccccc1)C(=O)NC(CCO)C(C)C. The number of benzene rings is 1. The van der Waals surface area contributed by atoms with Gasteiger partial charge in [-0.05, 0) is 24.8 Å². The van der Waals surface area contributed by atoms with Gasteiger partial charge in [0.25, 0.3) is 0 Å². The van der Waals surface area contributed by atoms with Crippen molar-refractivity contribution in [1.29, 1.82) is 0 Å². The Morgan fingerprint density at radius 3 is 2.45 bits per heavy atom. The van der Waals surface area contributed by atoms with E-state index >= 15 is 0 Å². The van der Waals surface area contributed by atoms with E-state index in [1.54, 1.807) is 11.8 Å². The molecule has 0 saturated heterocycles. The number of aliphatic hydroxyl groups excluding tert-OH is 1. The van der Waals surface area contributed by atoms with E-state index in [2.05, 4.69) is 31.3 Å². The molecule has 0 fully saturated rings. The Morgan fingerprint density at radius 1 is 1.25 bits per heavy atom. The maximum atomic E-state index is 12.1. The van der Waals surface area contributed by atoms with Crippen molar-refractivity contribution in [1.82, 2.24) is 5.32 Å². The number of nitrogens with one attached hydrogen (secondary N) is 1. The Balaban J connectivity index is 2.42. The number of amides is 1. The van der Waals surface area contributed by atoms with Gasteiger partial charge >= 0.3 is 0 Å². The number of hydrogen-bond donors (Lipinski definition) is 2. The van der Waals surface area contributed by atoms with Crippen molar-refractivity contribution in [2.45, 2.75) is 44.2 Å². The van der Waals surface area contributed by atoms with E-state index in [1.165, 1.54) is 5.56 Å². The first-order valence-corrected chi connectivity index (χ1v) is 8.16. The molecule has 1 aromatic rings. The molecule has 0 aliphatic heterocycles. The molecule has 0 radical (unpaired) electrons. The van der Waals surface area contributed by atoms with Gasteiger partial charge in [-0.15, -0.1) is 11.8 Å². The van der Waals surface area contributed by atoms with Crippen LogP contribution in [0.25, 0.3) is 0 Å². The van der Waals surface area contributed by atoms with Crippen LogP contribution in [0.4, 0.5) is 0 Å². The van der Waals surface area contributed by atoms with Gasteiger partial charge in [0.1, 0.15) is 0 Å². The average Bonchev–Trinajstić information content (AvgIpc) is 2.45. The molecular weight excluding hydrogens is 270 g/mol. The Kier molecular flexibility index (Phi) is 7.70. The van der Waals surface area contributed by atoms with Crippen LogP contribution in [-0.4, -0.2) is 28.9 Å². The van der Waals surface area contributed by atoms with Gasteiger partial charge in [-0.2, -0.15) is 0 Å². The van der Waals surface area contributed by atoms with E-state index in [9.17, 15) is 4.79 Å². The van der Waals surface area contributed by atoms with E-state index in [4.69, 9.17) is 5.11 Å². The summed E-state index contributed by atoms with van der Waals surface area (Å²) in [7, 11) is 0. The fourth-order valence-corrected chi connectivity index (χ4v) is 2.74. The van der Waals surface area contributed by atoms with E-state index in [0.29, 0.717) is 12.3 Å². The third-order valence-corrected chi connectivity index (χ3v) is 4.50. The second-order valence-electron chi connectivity index (χ2n) is 5.31. The van der Waals surface area contributed by atoms with Crippen LogP contribution in [0.1, 0.15) is 32.8 Å². The van der Waals surface area contributed by atoms with Crippen molar-refractivity contribution in [3.8, 4) is 0 Å². The molecule has 1 amide bonds. The summed E-state index contributed by atoms with van der Waals surface area (Å²) in [4.78, 5) is 12.1. The van der Waals surface area contributed by atoms with E-state index in [1.807, 2.05) is 25.1 Å². The molecule has 4 heteroatoms. The Labute approximate surface area is 126 Å². The van der Waals surface area contributed by atoms with Crippen LogP contribution < -0.4 is 5.32 Å². The van der Waals surface area contributed by atoms with Crippen molar-refractivity contribution in [2.75, 3.05) is 6.61 Å². The zero-order valence-corrected chi connectivity index (χ0v) is 13.3. The van der Waals surface area contributed by atoms with E-state index in [-0.39, 0.29) is 23.8 Å². The molecule has 20 heavy (non-hydrogen) atoms. The lowest BCUT2D eigenvalue weighted by molar-refractivity contribution is -0.121. The Hall–Kier alpha value is -1.00. The minimum atomic E-state index is -0.0878. The first-order valence-electron chi connectivity index (χ1n) is 7.11. The van der Waals surface area contributed by atoms with Gasteiger partial charge in [-0.1, -0.05) is 44.2 Å². The maximum absolute atomic E-state index is 12.1. The summed E-state index contributed by atoms with van der Waals surface area (Å²) in [5, 5.41) is 12.0. The Bertz CT molecular complexity index is 395. The van der Waals surface area contributed by atoms with Gasteiger partial charge in [0.05, 0.1) is 5.25 Å². The lowest BCUT2D eigenvalue weighted by Crippen LogP contribution is -2.42. The highest BCUT2D eigenvalue weighted by Crippen LogP contribution is 2.18. The largest absolute Gasteiger partial charge is 0.396 e. The average molecular weight is 295 g/mol. The van der Waals surface area contributed by atoms with Crippen molar-refractivity contribution < 1.29 is 9.90 Å². The smallest absolute Gasteiger partial charge is 0.233 e. The number of rotatable bonds is 8. The second kappa shape index (κ2) is 9.03. The van der Waals surface area contributed by atoms with Gasteiger partial charge in [0, 0.05) is 18.4 Å². The van der Waals surface area contributed by atoms with Crippen LogP contribution in [0.3, 0.4) is 0 Å². The Morgan fingerprint density at radius 2 is 1.90 bits per heavy atom. The summed E-state index contributed by atoms with van der Waals surface area (Å²) in [6.45, 7) is 6.15. The minimum Gasteiger partial charge on any atom is -0.396 e. The summed E-state index contributed by atoms with van der Waals surface area (Å²) in [5.41, 5.74) is 1.23. The van der Waals surface area contributed by atoms with Crippen LogP contribution >= 0.6 is 11.8 Å². The number of hydrogen-bond acceptors (Lipinski definition) is 3. The number of carbonyl (C=O) groups excluding carboxylic acids is 1. The number of carbonyl (C=O) groups is 1. The predicted octanol–water partition coefficient (Wildman–Crippen LogP) is 2.83. The third-order valence-electron chi connectivity index (χ3n) is 3.28. The van der Waals surface area contributed by atoms with Crippen LogP contribution in [0.2, 0.25) is 0 Å². The molecule has 1 aromatic carbocycles. The molecule has 0 aliphatic carbocycles. The lowest BCUT2D eigenvalue weighted by Gasteiger charge is -2.23. The summed E-state index contributed by atoms with van der Waals surface area (Å²) in [6.07, 6.45) is 0.611. The molecule has 2 unspecified atom stereocenters. The summed E-state index contributed by atoms with van der Waals surface area (Å²) in [5.74, 6) is 1.22. The molecule has 0 spiro atoms. The van der Waals surface area contributed by atoms with Crippen LogP contribution in [0.15, 0.2) is 30.3 Å². The van der Waals surface area contributed by atoms with Gasteiger partial charge in [0.15, 0.2) is 0 Å². The first kappa shape index (κ1) is 17.1.